The molecule has 180 valence electrons. The van der Waals surface area contributed by atoms with Crippen molar-refractivity contribution in [2.45, 2.75) is 76.5 Å². The summed E-state index contributed by atoms with van der Waals surface area (Å²) >= 11 is 0. The lowest BCUT2D eigenvalue weighted by molar-refractivity contribution is 0.0526. The topological polar surface area (TPSA) is 114 Å². The molecule has 1 aromatic carbocycles. The van der Waals surface area contributed by atoms with Crippen LogP contribution in [0.25, 0.3) is 11.2 Å². The summed E-state index contributed by atoms with van der Waals surface area (Å²) in [5, 5.41) is 16.7. The van der Waals surface area contributed by atoms with E-state index in [1.165, 1.54) is 12.8 Å². The molecule has 3 N–H and O–H groups in total. The summed E-state index contributed by atoms with van der Waals surface area (Å²) in [5.74, 6) is 0.862. The second kappa shape index (κ2) is 9.97. The molecule has 9 nitrogen and oxygen atoms in total. The first kappa shape index (κ1) is 22.6. The van der Waals surface area contributed by atoms with Crippen LogP contribution >= 0.6 is 0 Å². The van der Waals surface area contributed by atoms with Crippen molar-refractivity contribution < 1.29 is 14.6 Å². The minimum Gasteiger partial charge on any atom is -0.462 e. The van der Waals surface area contributed by atoms with Crippen LogP contribution in [-0.2, 0) is 4.74 Å². The Balaban J connectivity index is 1.45. The fourth-order valence-electron chi connectivity index (χ4n) is 4.96. The molecule has 0 unspecified atom stereocenters. The molecular weight excluding hydrogens is 432 g/mol. The number of carbonyl (C=O) groups is 1. The van der Waals surface area contributed by atoms with Crippen LogP contribution < -0.4 is 10.6 Å². The first-order valence-corrected chi connectivity index (χ1v) is 12.3. The predicted molar refractivity (Wildman–Crippen MR) is 130 cm³/mol. The number of esters is 1. The quantitative estimate of drug-likeness (QED) is 0.436. The van der Waals surface area contributed by atoms with Gasteiger partial charge in [0.15, 0.2) is 17.0 Å². The van der Waals surface area contributed by atoms with Crippen molar-refractivity contribution in [3.8, 4) is 0 Å². The highest BCUT2D eigenvalue weighted by molar-refractivity contribution is 5.90. The van der Waals surface area contributed by atoms with Crippen molar-refractivity contribution in [2.24, 2.45) is 0 Å². The predicted octanol–water partition coefficient (Wildman–Crippen LogP) is 4.58. The van der Waals surface area contributed by atoms with Crippen LogP contribution in [0.1, 0.15) is 74.7 Å². The maximum Gasteiger partial charge on any atom is 0.338 e. The molecule has 0 saturated heterocycles. The minimum atomic E-state index is -0.335. The smallest absolute Gasteiger partial charge is 0.338 e. The number of hydrogen-bond acceptors (Lipinski definition) is 8. The van der Waals surface area contributed by atoms with Gasteiger partial charge in [-0.05, 0) is 69.7 Å². The van der Waals surface area contributed by atoms with E-state index in [1.807, 2.05) is 18.5 Å². The van der Waals surface area contributed by atoms with Crippen LogP contribution in [0.3, 0.4) is 0 Å². The molecule has 2 fully saturated rings. The summed E-state index contributed by atoms with van der Waals surface area (Å²) in [6, 6.07) is 7.80. The van der Waals surface area contributed by atoms with Gasteiger partial charge in [0.1, 0.15) is 0 Å². The van der Waals surface area contributed by atoms with Crippen LogP contribution in [0.5, 0.6) is 0 Å². The van der Waals surface area contributed by atoms with E-state index in [0.717, 1.165) is 55.4 Å². The third-order valence-corrected chi connectivity index (χ3v) is 6.83. The molecule has 0 amide bonds. The number of aliphatic hydroxyl groups is 1. The van der Waals surface area contributed by atoms with Gasteiger partial charge in [0.2, 0.25) is 5.95 Å². The van der Waals surface area contributed by atoms with Gasteiger partial charge < -0.3 is 25.0 Å². The number of hydrogen-bond donors (Lipinski definition) is 3. The monoisotopic (exact) mass is 464 g/mol. The lowest BCUT2D eigenvalue weighted by Gasteiger charge is -2.26. The molecule has 0 aliphatic heterocycles. The number of aromatic nitrogens is 4. The molecule has 2 aliphatic rings. The van der Waals surface area contributed by atoms with Gasteiger partial charge in [0.05, 0.1) is 24.6 Å². The Labute approximate surface area is 199 Å². The summed E-state index contributed by atoms with van der Waals surface area (Å²) < 4.78 is 7.26. The fraction of sp³-hybridized carbons (Fsp3) is 0.520. The van der Waals surface area contributed by atoms with Crippen LogP contribution in [-0.4, -0.2) is 49.3 Å². The van der Waals surface area contributed by atoms with Gasteiger partial charge in [-0.15, -0.1) is 0 Å². The van der Waals surface area contributed by atoms with E-state index in [0.29, 0.717) is 30.0 Å². The van der Waals surface area contributed by atoms with Crippen molar-refractivity contribution >= 4 is 34.6 Å². The van der Waals surface area contributed by atoms with Gasteiger partial charge in [-0.3, -0.25) is 0 Å². The van der Waals surface area contributed by atoms with Gasteiger partial charge in [0.25, 0.3) is 0 Å². The SMILES string of the molecule is CCOC(=O)c1ccc(Nc2nc(N[C@H]3CC[C@H](O)CC3)nc3c2ncn3C2CCCC2)cc1. The molecule has 0 atom stereocenters. The second-order valence-electron chi connectivity index (χ2n) is 9.23. The number of nitrogens with one attached hydrogen (secondary N) is 2. The lowest BCUT2D eigenvalue weighted by atomic mass is 9.93. The highest BCUT2D eigenvalue weighted by atomic mass is 16.5. The van der Waals surface area contributed by atoms with Crippen molar-refractivity contribution in [1.82, 2.24) is 19.5 Å². The number of rotatable bonds is 7. The Morgan fingerprint density at radius 1 is 1.09 bits per heavy atom. The van der Waals surface area contributed by atoms with Crippen molar-refractivity contribution in [1.29, 1.82) is 0 Å². The molecule has 9 heteroatoms. The first-order valence-electron chi connectivity index (χ1n) is 12.3. The summed E-state index contributed by atoms with van der Waals surface area (Å²) in [6.45, 7) is 2.14. The Morgan fingerprint density at radius 3 is 2.53 bits per heavy atom. The van der Waals surface area contributed by atoms with Gasteiger partial charge in [-0.1, -0.05) is 12.8 Å². The molecule has 34 heavy (non-hydrogen) atoms. The zero-order chi connectivity index (χ0) is 23.5. The van der Waals surface area contributed by atoms with E-state index in [9.17, 15) is 9.90 Å². The number of anilines is 3. The highest BCUT2D eigenvalue weighted by Crippen LogP contribution is 2.34. The third kappa shape index (κ3) is 4.84. The van der Waals surface area contributed by atoms with E-state index in [2.05, 4.69) is 20.2 Å². The van der Waals surface area contributed by atoms with E-state index >= 15 is 0 Å². The van der Waals surface area contributed by atoms with Crippen molar-refractivity contribution in [3.63, 3.8) is 0 Å². The van der Waals surface area contributed by atoms with Gasteiger partial charge in [0, 0.05) is 17.8 Å². The van der Waals surface area contributed by atoms with Gasteiger partial charge >= 0.3 is 5.97 Å². The van der Waals surface area contributed by atoms with E-state index in [4.69, 9.17) is 14.7 Å². The molecule has 2 aromatic heterocycles. The molecule has 5 rings (SSSR count). The Morgan fingerprint density at radius 2 is 1.82 bits per heavy atom. The number of benzene rings is 1. The average molecular weight is 465 g/mol. The molecule has 2 heterocycles. The Kier molecular flexibility index (Phi) is 6.62. The average Bonchev–Trinajstić information content (AvgIpc) is 3.51. The normalized spacial score (nSPS) is 21.0. The molecule has 2 saturated carbocycles. The number of imidazole rings is 1. The number of fused-ring (bicyclic) bond motifs is 1. The highest BCUT2D eigenvalue weighted by Gasteiger charge is 2.24. The zero-order valence-electron chi connectivity index (χ0n) is 19.5. The van der Waals surface area contributed by atoms with Crippen molar-refractivity contribution in [3.05, 3.63) is 36.2 Å². The molecule has 0 bridgehead atoms. The summed E-state index contributed by atoms with van der Waals surface area (Å²) in [4.78, 5) is 26.3. The fourth-order valence-corrected chi connectivity index (χ4v) is 4.96. The number of carbonyl (C=O) groups excluding carboxylic acids is 1. The second-order valence-corrected chi connectivity index (χ2v) is 9.23. The third-order valence-electron chi connectivity index (χ3n) is 6.83. The standard InChI is InChI=1S/C25H32N6O3/c1-2-34-24(33)16-7-9-17(10-8-16)27-22-21-23(31(15-26-21)19-5-3-4-6-19)30-25(29-22)28-18-11-13-20(32)14-12-18/h7-10,15,18-20,32H,2-6,11-14H2,1H3,(H2,27,28,29,30)/t18-,20-. The van der Waals surface area contributed by atoms with Crippen LogP contribution in [0.2, 0.25) is 0 Å². The Hall–Kier alpha value is -3.20. The largest absolute Gasteiger partial charge is 0.462 e. The minimum absolute atomic E-state index is 0.208. The van der Waals surface area contributed by atoms with Crippen molar-refractivity contribution in [2.75, 3.05) is 17.2 Å². The number of aliphatic hydroxyl groups excluding tert-OH is 1. The molecule has 0 radical (unpaired) electrons. The Bertz CT molecular complexity index is 1130. The number of ether oxygens (including phenoxy) is 1. The van der Waals surface area contributed by atoms with E-state index < -0.39 is 0 Å². The summed E-state index contributed by atoms with van der Waals surface area (Å²) in [5.41, 5.74) is 2.86. The maximum absolute atomic E-state index is 12.0. The molecule has 2 aliphatic carbocycles. The van der Waals surface area contributed by atoms with E-state index in [-0.39, 0.29) is 18.1 Å². The maximum atomic E-state index is 12.0. The lowest BCUT2D eigenvalue weighted by Crippen LogP contribution is -2.29. The zero-order valence-corrected chi connectivity index (χ0v) is 19.5. The molecule has 0 spiro atoms. The van der Waals surface area contributed by atoms with Crippen LogP contribution in [0.15, 0.2) is 30.6 Å². The van der Waals surface area contributed by atoms with E-state index in [1.54, 1.807) is 19.1 Å². The van der Waals surface area contributed by atoms with Gasteiger partial charge in [-0.2, -0.15) is 9.97 Å². The number of nitrogens with zero attached hydrogens (tertiary/aromatic N) is 4. The molecular formula is C25H32N6O3. The van der Waals surface area contributed by atoms with Gasteiger partial charge in [-0.25, -0.2) is 9.78 Å². The summed E-state index contributed by atoms with van der Waals surface area (Å²) in [6.07, 6.45) is 9.76. The summed E-state index contributed by atoms with van der Waals surface area (Å²) in [7, 11) is 0. The van der Waals surface area contributed by atoms with Crippen LogP contribution in [0, 0.1) is 0 Å². The first-order chi connectivity index (χ1) is 16.6. The van der Waals surface area contributed by atoms with Crippen LogP contribution in [0.4, 0.5) is 17.5 Å². The molecule has 3 aromatic rings.